The van der Waals surface area contributed by atoms with E-state index in [0.29, 0.717) is 30.4 Å². The molecule has 1 unspecified atom stereocenters. The maximum Gasteiger partial charge on any atom is 0.191 e. The van der Waals surface area contributed by atoms with Gasteiger partial charge in [0.05, 0.1) is 23.2 Å². The number of hydrogen-bond donors (Lipinski definition) is 2. The van der Waals surface area contributed by atoms with Crippen LogP contribution in [0.5, 0.6) is 0 Å². The molecule has 2 heterocycles. The Morgan fingerprint density at radius 1 is 1.13 bits per heavy atom. The topological polar surface area (TPSA) is 73.8 Å². The van der Waals surface area contributed by atoms with E-state index in [-0.39, 0.29) is 5.75 Å². The van der Waals surface area contributed by atoms with Crippen molar-refractivity contribution in [2.75, 3.05) is 38.5 Å². The third-order valence-corrected chi connectivity index (χ3v) is 7.99. The second-order valence-corrected chi connectivity index (χ2v) is 10.5. The third-order valence-electron chi connectivity index (χ3n) is 5.20. The Balaban J connectivity index is 1.55. The number of sulfone groups is 1. The molecule has 0 spiro atoms. The smallest absolute Gasteiger partial charge is 0.191 e. The summed E-state index contributed by atoms with van der Waals surface area (Å²) in [6.45, 7) is 6.30. The monoisotopic (exact) mass is 448 g/mol. The molecule has 8 heteroatoms. The molecule has 1 aromatic carbocycles. The van der Waals surface area contributed by atoms with Gasteiger partial charge in [0.1, 0.15) is 0 Å². The molecule has 0 aliphatic carbocycles. The standard InChI is InChI=1S/C22H32N4O2S2/c1-2-23-22(24-13-9-17-30(27,28)19-10-4-3-5-11-19)25-18-20(21-12-8-16-29-21)26-14-6-7-15-26/h3-5,8,10-12,16,20H,2,6-7,9,13-15,17-18H2,1H3,(H2,23,24,25). The molecule has 1 atom stereocenters. The number of thiophene rings is 1. The fourth-order valence-electron chi connectivity index (χ4n) is 3.65. The number of aliphatic imine (C=N–C) groups is 1. The summed E-state index contributed by atoms with van der Waals surface area (Å²) in [7, 11) is -3.24. The van der Waals surface area contributed by atoms with Gasteiger partial charge in [0, 0.05) is 18.0 Å². The largest absolute Gasteiger partial charge is 0.357 e. The zero-order valence-corrected chi connectivity index (χ0v) is 19.2. The summed E-state index contributed by atoms with van der Waals surface area (Å²) in [5.41, 5.74) is 0. The quantitative estimate of drug-likeness (QED) is 0.331. The average Bonchev–Trinajstić information content (AvgIpc) is 3.47. The van der Waals surface area contributed by atoms with Crippen molar-refractivity contribution < 1.29 is 8.42 Å². The lowest BCUT2D eigenvalue weighted by molar-refractivity contribution is 0.255. The molecule has 0 saturated carbocycles. The van der Waals surface area contributed by atoms with Crippen LogP contribution in [-0.4, -0.2) is 57.8 Å². The molecule has 1 fully saturated rings. The van der Waals surface area contributed by atoms with Crippen molar-refractivity contribution in [3.05, 3.63) is 52.7 Å². The van der Waals surface area contributed by atoms with Gasteiger partial charge in [0.15, 0.2) is 15.8 Å². The second-order valence-electron chi connectivity index (χ2n) is 7.41. The highest BCUT2D eigenvalue weighted by Gasteiger charge is 2.24. The van der Waals surface area contributed by atoms with Gasteiger partial charge in [-0.25, -0.2) is 8.42 Å². The summed E-state index contributed by atoms with van der Waals surface area (Å²) < 4.78 is 24.8. The molecule has 0 radical (unpaired) electrons. The van der Waals surface area contributed by atoms with Crippen LogP contribution in [0.25, 0.3) is 0 Å². The lowest BCUT2D eigenvalue weighted by Crippen LogP contribution is -2.39. The number of likely N-dealkylation sites (tertiary alicyclic amines) is 1. The molecule has 1 aliphatic rings. The van der Waals surface area contributed by atoms with Crippen LogP contribution in [-0.2, 0) is 9.84 Å². The molecule has 1 aliphatic heterocycles. The normalized spacial score (nSPS) is 16.5. The Bertz CT molecular complexity index is 877. The fraction of sp³-hybridized carbons (Fsp3) is 0.500. The minimum Gasteiger partial charge on any atom is -0.357 e. The highest BCUT2D eigenvalue weighted by atomic mass is 32.2. The van der Waals surface area contributed by atoms with E-state index in [4.69, 9.17) is 4.99 Å². The zero-order chi connectivity index (χ0) is 21.2. The Hall–Kier alpha value is -1.90. The molecule has 2 aromatic rings. The van der Waals surface area contributed by atoms with E-state index in [1.54, 1.807) is 35.6 Å². The van der Waals surface area contributed by atoms with Gasteiger partial charge < -0.3 is 10.6 Å². The SMILES string of the molecule is CCNC(=NCC(c1cccs1)N1CCCC1)NCCCS(=O)(=O)c1ccccc1. The van der Waals surface area contributed by atoms with Crippen molar-refractivity contribution in [2.24, 2.45) is 4.99 Å². The van der Waals surface area contributed by atoms with Gasteiger partial charge in [-0.05, 0) is 62.9 Å². The first kappa shape index (κ1) is 22.8. The molecule has 0 bridgehead atoms. The van der Waals surface area contributed by atoms with E-state index in [9.17, 15) is 8.42 Å². The van der Waals surface area contributed by atoms with Gasteiger partial charge in [0.25, 0.3) is 0 Å². The number of rotatable bonds is 10. The minimum absolute atomic E-state index is 0.120. The number of nitrogens with zero attached hydrogens (tertiary/aromatic N) is 2. The van der Waals surface area contributed by atoms with Crippen LogP contribution in [0, 0.1) is 0 Å². The van der Waals surface area contributed by atoms with Crippen molar-refractivity contribution in [1.29, 1.82) is 0 Å². The van der Waals surface area contributed by atoms with Crippen LogP contribution in [0.2, 0.25) is 0 Å². The van der Waals surface area contributed by atoms with Crippen molar-refractivity contribution in [1.82, 2.24) is 15.5 Å². The predicted molar refractivity (Wildman–Crippen MR) is 125 cm³/mol. The maximum atomic E-state index is 12.4. The average molecular weight is 449 g/mol. The lowest BCUT2D eigenvalue weighted by atomic mass is 10.2. The van der Waals surface area contributed by atoms with Crippen LogP contribution >= 0.6 is 11.3 Å². The third kappa shape index (κ3) is 6.55. The summed E-state index contributed by atoms with van der Waals surface area (Å²) >= 11 is 1.79. The first-order chi connectivity index (χ1) is 14.6. The van der Waals surface area contributed by atoms with Crippen LogP contribution in [0.1, 0.15) is 37.1 Å². The maximum absolute atomic E-state index is 12.4. The molecule has 0 amide bonds. The van der Waals surface area contributed by atoms with E-state index in [0.717, 1.165) is 25.6 Å². The molecule has 3 rings (SSSR count). The van der Waals surface area contributed by atoms with Gasteiger partial charge in [-0.3, -0.25) is 9.89 Å². The van der Waals surface area contributed by atoms with Crippen LogP contribution < -0.4 is 10.6 Å². The summed E-state index contributed by atoms with van der Waals surface area (Å²) in [6.07, 6.45) is 3.03. The Kier molecular flexibility index (Phi) is 8.72. The summed E-state index contributed by atoms with van der Waals surface area (Å²) in [4.78, 5) is 9.07. The van der Waals surface area contributed by atoms with E-state index in [1.165, 1.54) is 17.7 Å². The van der Waals surface area contributed by atoms with Gasteiger partial charge >= 0.3 is 0 Å². The number of guanidine groups is 1. The summed E-state index contributed by atoms with van der Waals surface area (Å²) in [6, 6.07) is 13.2. The number of nitrogens with one attached hydrogen (secondary N) is 2. The first-order valence-corrected chi connectivity index (χ1v) is 13.2. The summed E-state index contributed by atoms with van der Waals surface area (Å²) in [5.74, 6) is 0.866. The predicted octanol–water partition coefficient (Wildman–Crippen LogP) is 3.30. The molecule has 6 nitrogen and oxygen atoms in total. The molecule has 2 N–H and O–H groups in total. The molecule has 1 saturated heterocycles. The van der Waals surface area contributed by atoms with Crippen molar-refractivity contribution >= 4 is 27.1 Å². The van der Waals surface area contributed by atoms with E-state index < -0.39 is 9.84 Å². The molecular weight excluding hydrogens is 416 g/mol. The van der Waals surface area contributed by atoms with Gasteiger partial charge in [-0.15, -0.1) is 11.3 Å². The zero-order valence-electron chi connectivity index (χ0n) is 17.6. The van der Waals surface area contributed by atoms with Gasteiger partial charge in [-0.2, -0.15) is 0 Å². The van der Waals surface area contributed by atoms with Crippen molar-refractivity contribution in [3.8, 4) is 0 Å². The Morgan fingerprint density at radius 3 is 2.57 bits per heavy atom. The Labute approximate surface area is 184 Å². The molecular formula is C22H32N4O2S2. The second kappa shape index (κ2) is 11.5. The fourth-order valence-corrected chi connectivity index (χ4v) is 5.84. The van der Waals surface area contributed by atoms with Crippen LogP contribution in [0.4, 0.5) is 0 Å². The first-order valence-electron chi connectivity index (χ1n) is 10.7. The molecule has 30 heavy (non-hydrogen) atoms. The number of benzene rings is 1. The molecule has 164 valence electrons. The van der Waals surface area contributed by atoms with Gasteiger partial charge in [-0.1, -0.05) is 24.3 Å². The minimum atomic E-state index is -3.24. The highest BCUT2D eigenvalue weighted by Crippen LogP contribution is 2.28. The molecule has 1 aromatic heterocycles. The summed E-state index contributed by atoms with van der Waals surface area (Å²) in [5, 5.41) is 8.70. The Morgan fingerprint density at radius 2 is 1.90 bits per heavy atom. The van der Waals surface area contributed by atoms with Crippen LogP contribution in [0.3, 0.4) is 0 Å². The van der Waals surface area contributed by atoms with Crippen molar-refractivity contribution in [3.63, 3.8) is 0 Å². The lowest BCUT2D eigenvalue weighted by Gasteiger charge is -2.25. The van der Waals surface area contributed by atoms with E-state index in [2.05, 4.69) is 33.0 Å². The van der Waals surface area contributed by atoms with Gasteiger partial charge in [0.2, 0.25) is 0 Å². The van der Waals surface area contributed by atoms with E-state index in [1.807, 2.05) is 13.0 Å². The number of hydrogen-bond acceptors (Lipinski definition) is 5. The highest BCUT2D eigenvalue weighted by molar-refractivity contribution is 7.91. The van der Waals surface area contributed by atoms with Crippen LogP contribution in [0.15, 0.2) is 57.7 Å². The van der Waals surface area contributed by atoms with Crippen molar-refractivity contribution in [2.45, 2.75) is 37.1 Å². The van der Waals surface area contributed by atoms with E-state index >= 15 is 0 Å².